The van der Waals surface area contributed by atoms with Gasteiger partial charge in [0.15, 0.2) is 0 Å². The second-order valence-electron chi connectivity index (χ2n) is 7.16. The molecular formula is C22H40N2. The highest BCUT2D eigenvalue weighted by atomic mass is 15.1. The SMILES string of the molecule is CCCCCCCCCCCCNCCN(C)Cc1ccccc1. The number of nitrogens with one attached hydrogen (secondary N) is 1. The van der Waals surface area contributed by atoms with E-state index in [-0.39, 0.29) is 0 Å². The zero-order valence-electron chi connectivity index (χ0n) is 16.2. The molecule has 0 fully saturated rings. The van der Waals surface area contributed by atoms with Crippen LogP contribution in [0, 0.1) is 0 Å². The largest absolute Gasteiger partial charge is 0.315 e. The van der Waals surface area contributed by atoms with E-state index in [4.69, 9.17) is 0 Å². The van der Waals surface area contributed by atoms with Gasteiger partial charge in [-0.15, -0.1) is 0 Å². The van der Waals surface area contributed by atoms with Gasteiger partial charge in [0.1, 0.15) is 0 Å². The highest BCUT2D eigenvalue weighted by molar-refractivity contribution is 5.14. The molecule has 0 spiro atoms. The molecule has 0 heterocycles. The summed E-state index contributed by atoms with van der Waals surface area (Å²) in [6.07, 6.45) is 14.1. The third kappa shape index (κ3) is 12.5. The monoisotopic (exact) mass is 332 g/mol. The van der Waals surface area contributed by atoms with Gasteiger partial charge in [-0.05, 0) is 25.6 Å². The predicted molar refractivity (Wildman–Crippen MR) is 107 cm³/mol. The van der Waals surface area contributed by atoms with Gasteiger partial charge in [-0.1, -0.05) is 95.0 Å². The fraction of sp³-hybridized carbons (Fsp3) is 0.727. The van der Waals surface area contributed by atoms with Crippen LogP contribution >= 0.6 is 0 Å². The second-order valence-corrected chi connectivity index (χ2v) is 7.16. The van der Waals surface area contributed by atoms with Crippen LogP contribution in [0.2, 0.25) is 0 Å². The topological polar surface area (TPSA) is 15.3 Å². The number of rotatable bonds is 16. The Hall–Kier alpha value is -0.860. The van der Waals surface area contributed by atoms with E-state index >= 15 is 0 Å². The molecule has 0 bridgehead atoms. The Morgan fingerprint density at radius 3 is 1.96 bits per heavy atom. The first-order valence-corrected chi connectivity index (χ1v) is 10.3. The summed E-state index contributed by atoms with van der Waals surface area (Å²) in [5, 5.41) is 3.59. The Balaban J connectivity index is 1.80. The van der Waals surface area contributed by atoms with Crippen LogP contribution in [-0.4, -0.2) is 31.6 Å². The third-order valence-corrected chi connectivity index (χ3v) is 4.67. The van der Waals surface area contributed by atoms with Gasteiger partial charge in [-0.2, -0.15) is 0 Å². The van der Waals surface area contributed by atoms with E-state index in [9.17, 15) is 0 Å². The number of unbranched alkanes of at least 4 members (excludes halogenated alkanes) is 9. The van der Waals surface area contributed by atoms with E-state index in [2.05, 4.69) is 54.5 Å². The molecule has 1 N–H and O–H groups in total. The smallest absolute Gasteiger partial charge is 0.0231 e. The van der Waals surface area contributed by atoms with Gasteiger partial charge in [-0.3, -0.25) is 0 Å². The van der Waals surface area contributed by atoms with Crippen molar-refractivity contribution in [1.29, 1.82) is 0 Å². The minimum atomic E-state index is 1.04. The molecule has 2 heteroatoms. The highest BCUT2D eigenvalue weighted by Gasteiger charge is 1.99. The Bertz CT molecular complexity index is 363. The Kier molecular flexibility index (Phi) is 13.8. The number of benzene rings is 1. The van der Waals surface area contributed by atoms with E-state index in [1.807, 2.05) is 0 Å². The molecule has 0 atom stereocenters. The molecule has 0 aromatic heterocycles. The molecule has 0 aliphatic heterocycles. The predicted octanol–water partition coefficient (Wildman–Crippen LogP) is 5.63. The summed E-state index contributed by atoms with van der Waals surface area (Å²) in [6.45, 7) is 6.72. The molecular weight excluding hydrogens is 292 g/mol. The van der Waals surface area contributed by atoms with E-state index in [0.717, 1.165) is 19.6 Å². The quantitative estimate of drug-likeness (QED) is 0.395. The van der Waals surface area contributed by atoms with Gasteiger partial charge in [0, 0.05) is 19.6 Å². The number of nitrogens with zero attached hydrogens (tertiary/aromatic N) is 1. The molecule has 2 nitrogen and oxygen atoms in total. The molecule has 24 heavy (non-hydrogen) atoms. The fourth-order valence-corrected chi connectivity index (χ4v) is 3.11. The van der Waals surface area contributed by atoms with Gasteiger partial charge < -0.3 is 10.2 Å². The van der Waals surface area contributed by atoms with E-state index in [0.29, 0.717) is 0 Å². The summed E-state index contributed by atoms with van der Waals surface area (Å²) in [7, 11) is 2.20. The van der Waals surface area contributed by atoms with Crippen LogP contribution in [0.1, 0.15) is 76.7 Å². The minimum absolute atomic E-state index is 1.04. The van der Waals surface area contributed by atoms with Crippen molar-refractivity contribution in [2.24, 2.45) is 0 Å². The maximum atomic E-state index is 3.59. The maximum Gasteiger partial charge on any atom is 0.0231 e. The summed E-state index contributed by atoms with van der Waals surface area (Å²) in [5.74, 6) is 0. The number of hydrogen-bond acceptors (Lipinski definition) is 2. The molecule has 0 aliphatic carbocycles. The van der Waals surface area contributed by atoms with Gasteiger partial charge in [0.05, 0.1) is 0 Å². The first-order valence-electron chi connectivity index (χ1n) is 10.3. The van der Waals surface area contributed by atoms with Crippen LogP contribution in [0.4, 0.5) is 0 Å². The molecule has 0 saturated carbocycles. The third-order valence-electron chi connectivity index (χ3n) is 4.67. The van der Waals surface area contributed by atoms with E-state index in [1.54, 1.807) is 0 Å². The van der Waals surface area contributed by atoms with Gasteiger partial charge >= 0.3 is 0 Å². The van der Waals surface area contributed by atoms with Crippen molar-refractivity contribution in [3.8, 4) is 0 Å². The lowest BCUT2D eigenvalue weighted by Crippen LogP contribution is -2.29. The summed E-state index contributed by atoms with van der Waals surface area (Å²) < 4.78 is 0. The molecule has 0 amide bonds. The summed E-state index contributed by atoms with van der Waals surface area (Å²) in [4.78, 5) is 2.39. The average molecular weight is 333 g/mol. The molecule has 138 valence electrons. The van der Waals surface area contributed by atoms with E-state index in [1.165, 1.54) is 76.3 Å². The van der Waals surface area contributed by atoms with Crippen molar-refractivity contribution in [2.45, 2.75) is 77.7 Å². The van der Waals surface area contributed by atoms with Crippen LogP contribution in [0.5, 0.6) is 0 Å². The van der Waals surface area contributed by atoms with Crippen molar-refractivity contribution in [1.82, 2.24) is 10.2 Å². The molecule has 1 aromatic rings. The number of hydrogen-bond donors (Lipinski definition) is 1. The Labute approximate surface area is 151 Å². The zero-order valence-corrected chi connectivity index (χ0v) is 16.2. The van der Waals surface area contributed by atoms with Crippen molar-refractivity contribution in [2.75, 3.05) is 26.7 Å². The summed E-state index contributed by atoms with van der Waals surface area (Å²) >= 11 is 0. The minimum Gasteiger partial charge on any atom is -0.315 e. The van der Waals surface area contributed by atoms with Crippen molar-refractivity contribution >= 4 is 0 Å². The first kappa shape index (κ1) is 21.2. The lowest BCUT2D eigenvalue weighted by Gasteiger charge is -2.17. The zero-order chi connectivity index (χ0) is 17.3. The van der Waals surface area contributed by atoms with Crippen molar-refractivity contribution in [3.05, 3.63) is 35.9 Å². The average Bonchev–Trinajstić information content (AvgIpc) is 2.60. The van der Waals surface area contributed by atoms with Crippen LogP contribution in [0.15, 0.2) is 30.3 Å². The van der Waals surface area contributed by atoms with Crippen LogP contribution in [-0.2, 0) is 6.54 Å². The second kappa shape index (κ2) is 15.7. The Morgan fingerprint density at radius 1 is 0.750 bits per heavy atom. The Morgan fingerprint density at radius 2 is 1.33 bits per heavy atom. The fourth-order valence-electron chi connectivity index (χ4n) is 3.11. The molecule has 1 aromatic carbocycles. The normalized spacial score (nSPS) is 11.3. The summed E-state index contributed by atoms with van der Waals surface area (Å²) in [6, 6.07) is 10.7. The number of likely N-dealkylation sites (N-methyl/N-ethyl adjacent to an activating group) is 1. The van der Waals surface area contributed by atoms with Crippen molar-refractivity contribution < 1.29 is 0 Å². The maximum absolute atomic E-state index is 3.59. The molecule has 0 aliphatic rings. The van der Waals surface area contributed by atoms with Crippen molar-refractivity contribution in [3.63, 3.8) is 0 Å². The van der Waals surface area contributed by atoms with Crippen LogP contribution < -0.4 is 5.32 Å². The molecule has 0 saturated heterocycles. The first-order chi connectivity index (χ1) is 11.8. The summed E-state index contributed by atoms with van der Waals surface area (Å²) in [5.41, 5.74) is 1.40. The van der Waals surface area contributed by atoms with Gasteiger partial charge in [0.25, 0.3) is 0 Å². The van der Waals surface area contributed by atoms with E-state index < -0.39 is 0 Å². The molecule has 0 unspecified atom stereocenters. The van der Waals surface area contributed by atoms with Crippen LogP contribution in [0.25, 0.3) is 0 Å². The lowest BCUT2D eigenvalue weighted by atomic mass is 10.1. The van der Waals surface area contributed by atoms with Gasteiger partial charge in [-0.25, -0.2) is 0 Å². The van der Waals surface area contributed by atoms with Gasteiger partial charge in [0.2, 0.25) is 0 Å². The molecule has 1 rings (SSSR count). The highest BCUT2D eigenvalue weighted by Crippen LogP contribution is 2.10. The standard InChI is InChI=1S/C22H40N2/c1-3-4-5-6-7-8-9-10-11-15-18-23-19-20-24(2)21-22-16-13-12-14-17-22/h12-14,16-17,23H,3-11,15,18-21H2,1-2H3. The lowest BCUT2D eigenvalue weighted by molar-refractivity contribution is 0.324. The van der Waals surface area contributed by atoms with Crippen LogP contribution in [0.3, 0.4) is 0 Å². The molecule has 0 radical (unpaired) electrons.